The molecule has 1 aliphatic heterocycles. The number of carbonyl (C=O) groups is 2. The molecule has 0 saturated heterocycles. The molecule has 0 radical (unpaired) electrons. The van der Waals surface area contributed by atoms with Crippen molar-refractivity contribution < 1.29 is 18.4 Å². The lowest BCUT2D eigenvalue weighted by atomic mass is 10.0. The number of halogens is 2. The minimum Gasteiger partial charge on any atom is -0.362 e. The van der Waals surface area contributed by atoms with E-state index in [1.807, 2.05) is 48.2 Å². The van der Waals surface area contributed by atoms with E-state index in [2.05, 4.69) is 0 Å². The minimum atomic E-state index is -1.12. The minimum absolute atomic E-state index is 0.00639. The first-order valence-electron chi connectivity index (χ1n) is 9.93. The molecular formula is C25H20F2N2O2. The van der Waals surface area contributed by atoms with Crippen molar-refractivity contribution in [3.8, 4) is 0 Å². The topological polar surface area (TPSA) is 40.6 Å². The number of anilines is 1. The molecule has 0 aromatic heterocycles. The lowest BCUT2D eigenvalue weighted by molar-refractivity contribution is -0.120. The Morgan fingerprint density at radius 3 is 2.06 bits per heavy atom. The van der Waals surface area contributed by atoms with Gasteiger partial charge in [-0.3, -0.25) is 9.59 Å². The molecule has 4 nitrogen and oxygen atoms in total. The summed E-state index contributed by atoms with van der Waals surface area (Å²) in [6, 6.07) is 21.5. The molecule has 1 aliphatic rings. The Kier molecular flexibility index (Phi) is 5.62. The summed E-state index contributed by atoms with van der Waals surface area (Å²) < 4.78 is 27.3. The largest absolute Gasteiger partial charge is 0.362 e. The number of rotatable bonds is 6. The van der Waals surface area contributed by atoms with Crippen LogP contribution in [-0.4, -0.2) is 23.3 Å². The lowest BCUT2D eigenvalue weighted by Gasteiger charge is -2.25. The predicted molar refractivity (Wildman–Crippen MR) is 115 cm³/mol. The van der Waals surface area contributed by atoms with Crippen LogP contribution in [0, 0.1) is 11.6 Å². The van der Waals surface area contributed by atoms with Crippen molar-refractivity contribution in [3.05, 3.63) is 107 Å². The van der Waals surface area contributed by atoms with Gasteiger partial charge in [-0.25, -0.2) is 13.7 Å². The zero-order chi connectivity index (χ0) is 22.0. The predicted octanol–water partition coefficient (Wildman–Crippen LogP) is 4.77. The second-order valence-electron chi connectivity index (χ2n) is 7.13. The van der Waals surface area contributed by atoms with Crippen molar-refractivity contribution in [1.29, 1.82) is 0 Å². The molecule has 31 heavy (non-hydrogen) atoms. The van der Waals surface area contributed by atoms with Crippen molar-refractivity contribution in [1.82, 2.24) is 4.90 Å². The summed E-state index contributed by atoms with van der Waals surface area (Å²) >= 11 is 0. The number of carbonyl (C=O) groups excluding carboxylic acids is 2. The van der Waals surface area contributed by atoms with Crippen molar-refractivity contribution >= 4 is 23.1 Å². The fraction of sp³-hybridized carbons (Fsp3) is 0.120. The second-order valence-corrected chi connectivity index (χ2v) is 7.13. The first kappa shape index (κ1) is 20.5. The molecule has 0 spiro atoms. The molecule has 4 rings (SSSR count). The second kappa shape index (κ2) is 8.52. The van der Waals surface area contributed by atoms with E-state index in [4.69, 9.17) is 0 Å². The summed E-state index contributed by atoms with van der Waals surface area (Å²) in [4.78, 5) is 29.6. The Bertz CT molecular complexity index is 1160. The molecule has 0 atom stereocenters. The van der Waals surface area contributed by atoms with Crippen LogP contribution in [0.15, 0.2) is 84.6 Å². The number of amides is 2. The maximum Gasteiger partial charge on any atom is 0.282 e. The van der Waals surface area contributed by atoms with Gasteiger partial charge in [-0.2, -0.15) is 0 Å². The fourth-order valence-corrected chi connectivity index (χ4v) is 3.69. The molecule has 2 amide bonds. The standard InChI is InChI=1S/C25H20F2N2O2/c1-2-28(16-17-9-5-3-6-10-17)23-22(18-11-7-4-8-12-18)24(30)29(25(23)31)19-13-14-20(26)21(27)15-19/h3-15H,2,16H2,1H3. The third-order valence-corrected chi connectivity index (χ3v) is 5.20. The molecule has 1 heterocycles. The van der Waals surface area contributed by atoms with E-state index in [0.717, 1.165) is 22.6 Å². The zero-order valence-electron chi connectivity index (χ0n) is 16.9. The van der Waals surface area contributed by atoms with E-state index in [1.54, 1.807) is 24.3 Å². The van der Waals surface area contributed by atoms with Crippen LogP contribution >= 0.6 is 0 Å². The van der Waals surface area contributed by atoms with Crippen LogP contribution in [0.3, 0.4) is 0 Å². The molecule has 0 bridgehead atoms. The molecule has 0 fully saturated rings. The van der Waals surface area contributed by atoms with Crippen LogP contribution in [0.25, 0.3) is 5.57 Å². The van der Waals surface area contributed by atoms with Gasteiger partial charge in [0.1, 0.15) is 5.70 Å². The Balaban J connectivity index is 1.82. The average molecular weight is 418 g/mol. The van der Waals surface area contributed by atoms with Gasteiger partial charge in [-0.05, 0) is 30.2 Å². The Morgan fingerprint density at radius 2 is 1.45 bits per heavy atom. The number of hydrogen-bond acceptors (Lipinski definition) is 3. The molecule has 0 aliphatic carbocycles. The van der Waals surface area contributed by atoms with Gasteiger partial charge in [0.15, 0.2) is 11.6 Å². The highest BCUT2D eigenvalue weighted by Crippen LogP contribution is 2.35. The van der Waals surface area contributed by atoms with E-state index in [9.17, 15) is 18.4 Å². The molecule has 156 valence electrons. The van der Waals surface area contributed by atoms with Gasteiger partial charge >= 0.3 is 0 Å². The number of nitrogens with zero attached hydrogens (tertiary/aromatic N) is 2. The van der Waals surface area contributed by atoms with E-state index in [-0.39, 0.29) is 17.0 Å². The number of likely N-dealkylation sites (N-methyl/N-ethyl adjacent to an activating group) is 1. The van der Waals surface area contributed by atoms with Crippen LogP contribution in [0.1, 0.15) is 18.1 Å². The van der Waals surface area contributed by atoms with Crippen molar-refractivity contribution in [2.75, 3.05) is 11.4 Å². The van der Waals surface area contributed by atoms with Gasteiger partial charge in [0.05, 0.1) is 11.3 Å². The monoisotopic (exact) mass is 418 g/mol. The fourth-order valence-electron chi connectivity index (χ4n) is 3.69. The highest BCUT2D eigenvalue weighted by molar-refractivity contribution is 6.45. The van der Waals surface area contributed by atoms with Gasteiger partial charge in [0.2, 0.25) is 0 Å². The highest BCUT2D eigenvalue weighted by atomic mass is 19.2. The summed E-state index contributed by atoms with van der Waals surface area (Å²) in [5.74, 6) is -3.29. The number of benzene rings is 3. The highest BCUT2D eigenvalue weighted by Gasteiger charge is 2.42. The summed E-state index contributed by atoms with van der Waals surface area (Å²) in [5.41, 5.74) is 2.05. The van der Waals surface area contributed by atoms with Crippen molar-refractivity contribution in [3.63, 3.8) is 0 Å². The zero-order valence-corrected chi connectivity index (χ0v) is 16.9. The SMILES string of the molecule is CCN(Cc1ccccc1)C1=C(c2ccccc2)C(=O)N(c2ccc(F)c(F)c2)C1=O. The Hall–Kier alpha value is -3.80. The van der Waals surface area contributed by atoms with Crippen molar-refractivity contribution in [2.45, 2.75) is 13.5 Å². The molecule has 6 heteroatoms. The Morgan fingerprint density at radius 1 is 0.806 bits per heavy atom. The average Bonchev–Trinajstić information content (AvgIpc) is 3.05. The normalized spacial score (nSPS) is 13.8. The van der Waals surface area contributed by atoms with Gasteiger partial charge in [0, 0.05) is 19.2 Å². The maximum atomic E-state index is 13.9. The van der Waals surface area contributed by atoms with E-state index >= 15 is 0 Å². The first-order valence-corrected chi connectivity index (χ1v) is 9.93. The molecule has 3 aromatic carbocycles. The third-order valence-electron chi connectivity index (χ3n) is 5.20. The van der Waals surface area contributed by atoms with Crippen LogP contribution in [0.4, 0.5) is 14.5 Å². The summed E-state index contributed by atoms with van der Waals surface area (Å²) in [6.07, 6.45) is 0. The van der Waals surface area contributed by atoms with Gasteiger partial charge in [-0.15, -0.1) is 0 Å². The smallest absolute Gasteiger partial charge is 0.282 e. The molecular weight excluding hydrogens is 398 g/mol. The Labute approximate surface area is 179 Å². The molecule has 0 unspecified atom stereocenters. The molecule has 3 aromatic rings. The van der Waals surface area contributed by atoms with E-state index in [1.165, 1.54) is 6.07 Å². The maximum absolute atomic E-state index is 13.9. The summed E-state index contributed by atoms with van der Waals surface area (Å²) in [5, 5.41) is 0. The van der Waals surface area contributed by atoms with E-state index in [0.29, 0.717) is 18.7 Å². The molecule has 0 N–H and O–H groups in total. The van der Waals surface area contributed by atoms with E-state index < -0.39 is 23.4 Å². The van der Waals surface area contributed by atoms with Gasteiger partial charge < -0.3 is 4.90 Å². The lowest BCUT2D eigenvalue weighted by Crippen LogP contribution is -2.35. The number of hydrogen-bond donors (Lipinski definition) is 0. The molecule has 0 saturated carbocycles. The van der Waals surface area contributed by atoms with Gasteiger partial charge in [-0.1, -0.05) is 60.7 Å². The van der Waals surface area contributed by atoms with Crippen LogP contribution < -0.4 is 4.90 Å². The quantitative estimate of drug-likeness (QED) is 0.542. The number of imide groups is 1. The van der Waals surface area contributed by atoms with Crippen LogP contribution in [-0.2, 0) is 16.1 Å². The third kappa shape index (κ3) is 3.84. The summed E-state index contributed by atoms with van der Waals surface area (Å²) in [6.45, 7) is 2.80. The first-order chi connectivity index (χ1) is 15.0. The van der Waals surface area contributed by atoms with Gasteiger partial charge in [0.25, 0.3) is 11.8 Å². The van der Waals surface area contributed by atoms with Crippen molar-refractivity contribution in [2.24, 2.45) is 0 Å². The summed E-state index contributed by atoms with van der Waals surface area (Å²) in [7, 11) is 0. The van der Waals surface area contributed by atoms with Crippen LogP contribution in [0.2, 0.25) is 0 Å². The van der Waals surface area contributed by atoms with Crippen LogP contribution in [0.5, 0.6) is 0 Å².